The summed E-state index contributed by atoms with van der Waals surface area (Å²) in [5, 5.41) is 9.56. The minimum absolute atomic E-state index is 0.0139. The molecule has 0 fully saturated rings. The molecule has 0 aliphatic heterocycles. The second kappa shape index (κ2) is 2.87. The maximum atomic E-state index is 11.6. The van der Waals surface area contributed by atoms with E-state index in [0.29, 0.717) is 5.57 Å². The van der Waals surface area contributed by atoms with Crippen molar-refractivity contribution < 1.29 is 9.90 Å². The first-order chi connectivity index (χ1) is 5.46. The molecule has 0 bridgehead atoms. The van der Waals surface area contributed by atoms with Crippen molar-refractivity contribution in [2.45, 2.75) is 26.9 Å². The minimum Gasteiger partial charge on any atom is -0.388 e. The summed E-state index contributed by atoms with van der Waals surface area (Å²) >= 11 is 0. The van der Waals surface area contributed by atoms with Crippen molar-refractivity contribution >= 4 is 5.78 Å². The van der Waals surface area contributed by atoms with Crippen molar-refractivity contribution in [3.63, 3.8) is 0 Å². The lowest BCUT2D eigenvalue weighted by Gasteiger charge is -2.25. The maximum Gasteiger partial charge on any atom is 0.167 e. The van der Waals surface area contributed by atoms with Gasteiger partial charge in [-0.2, -0.15) is 0 Å². The summed E-state index contributed by atoms with van der Waals surface area (Å²) in [7, 11) is 0. The zero-order valence-corrected chi connectivity index (χ0v) is 7.66. The van der Waals surface area contributed by atoms with E-state index < -0.39 is 11.5 Å². The van der Waals surface area contributed by atoms with Gasteiger partial charge in [-0.15, -0.1) is 0 Å². The Morgan fingerprint density at radius 2 is 2.08 bits per heavy atom. The van der Waals surface area contributed by atoms with E-state index in [1.807, 2.05) is 0 Å². The number of aliphatic hydroxyl groups excluding tert-OH is 1. The number of carbonyl (C=O) groups is 1. The molecule has 1 aliphatic rings. The van der Waals surface area contributed by atoms with E-state index in [9.17, 15) is 9.90 Å². The smallest absolute Gasteiger partial charge is 0.167 e. The summed E-state index contributed by atoms with van der Waals surface area (Å²) < 4.78 is 0. The molecule has 1 rings (SSSR count). The molecule has 0 amide bonds. The van der Waals surface area contributed by atoms with E-state index in [0.717, 1.165) is 0 Å². The van der Waals surface area contributed by atoms with Gasteiger partial charge in [0.1, 0.15) is 0 Å². The molecular weight excluding hydrogens is 152 g/mol. The standard InChI is InChI=1S/C10H14O2/c1-7-5-4-6-8(11)10(2,3)9(7)12/h4-6,8,11H,1-3H3. The molecule has 0 saturated heterocycles. The quantitative estimate of drug-likeness (QED) is 0.591. The Bertz CT molecular complexity index is 259. The molecule has 1 atom stereocenters. The van der Waals surface area contributed by atoms with Gasteiger partial charge in [0.05, 0.1) is 11.5 Å². The lowest BCUT2D eigenvalue weighted by molar-refractivity contribution is -0.127. The highest BCUT2D eigenvalue weighted by atomic mass is 16.3. The van der Waals surface area contributed by atoms with Crippen LogP contribution in [0.2, 0.25) is 0 Å². The van der Waals surface area contributed by atoms with Crippen LogP contribution in [0, 0.1) is 5.41 Å². The first kappa shape index (κ1) is 9.20. The second-order valence-electron chi connectivity index (χ2n) is 3.73. The maximum absolute atomic E-state index is 11.6. The molecule has 1 aliphatic carbocycles. The summed E-state index contributed by atoms with van der Waals surface area (Å²) in [6.45, 7) is 5.28. The Hall–Kier alpha value is -0.890. The zero-order chi connectivity index (χ0) is 9.35. The van der Waals surface area contributed by atoms with Crippen LogP contribution in [0.25, 0.3) is 0 Å². The van der Waals surface area contributed by atoms with Crippen LogP contribution in [0.4, 0.5) is 0 Å². The van der Waals surface area contributed by atoms with Gasteiger partial charge in [-0.3, -0.25) is 4.79 Å². The SMILES string of the molecule is CC1=CC=CC(O)C(C)(C)C1=O. The van der Waals surface area contributed by atoms with E-state index in [-0.39, 0.29) is 5.78 Å². The number of rotatable bonds is 0. The van der Waals surface area contributed by atoms with Gasteiger partial charge in [-0.25, -0.2) is 0 Å². The lowest BCUT2D eigenvalue weighted by Crippen LogP contribution is -2.35. The third-order valence-electron chi connectivity index (χ3n) is 2.32. The van der Waals surface area contributed by atoms with E-state index in [4.69, 9.17) is 0 Å². The average molecular weight is 166 g/mol. The van der Waals surface area contributed by atoms with Crippen LogP contribution in [0.5, 0.6) is 0 Å². The van der Waals surface area contributed by atoms with Gasteiger partial charge in [0, 0.05) is 0 Å². The molecule has 2 nitrogen and oxygen atoms in total. The molecule has 1 N–H and O–H groups in total. The van der Waals surface area contributed by atoms with Gasteiger partial charge < -0.3 is 5.11 Å². The topological polar surface area (TPSA) is 37.3 Å². The Morgan fingerprint density at radius 3 is 2.67 bits per heavy atom. The molecule has 0 aromatic heterocycles. The van der Waals surface area contributed by atoms with Crippen molar-refractivity contribution in [3.8, 4) is 0 Å². The first-order valence-electron chi connectivity index (χ1n) is 4.04. The summed E-state index contributed by atoms with van der Waals surface area (Å²) in [5.41, 5.74) is 0.0147. The van der Waals surface area contributed by atoms with E-state index in [1.165, 1.54) is 0 Å². The largest absolute Gasteiger partial charge is 0.388 e. The highest BCUT2D eigenvalue weighted by Crippen LogP contribution is 2.28. The van der Waals surface area contributed by atoms with Crippen molar-refractivity contribution in [1.29, 1.82) is 0 Å². The van der Waals surface area contributed by atoms with E-state index in [1.54, 1.807) is 39.0 Å². The Balaban J connectivity index is 3.08. The number of aliphatic hydroxyl groups is 1. The number of ketones is 1. The van der Waals surface area contributed by atoms with Crippen LogP contribution in [0.3, 0.4) is 0 Å². The van der Waals surface area contributed by atoms with Crippen LogP contribution < -0.4 is 0 Å². The van der Waals surface area contributed by atoms with Gasteiger partial charge in [0.25, 0.3) is 0 Å². The third kappa shape index (κ3) is 1.34. The van der Waals surface area contributed by atoms with Crippen molar-refractivity contribution in [2.75, 3.05) is 0 Å². The first-order valence-corrected chi connectivity index (χ1v) is 4.04. The monoisotopic (exact) mass is 166 g/mol. The minimum atomic E-state index is -0.687. The molecule has 0 aromatic rings. The van der Waals surface area contributed by atoms with Gasteiger partial charge in [0.2, 0.25) is 0 Å². The highest BCUT2D eigenvalue weighted by Gasteiger charge is 2.35. The summed E-state index contributed by atoms with van der Waals surface area (Å²) in [4.78, 5) is 11.6. The van der Waals surface area contributed by atoms with Crippen molar-refractivity contribution in [3.05, 3.63) is 23.8 Å². The number of hydrogen-bond donors (Lipinski definition) is 1. The molecule has 0 aromatic carbocycles. The Kier molecular flexibility index (Phi) is 2.20. The fourth-order valence-electron chi connectivity index (χ4n) is 1.26. The molecule has 2 heteroatoms. The normalized spacial score (nSPS) is 28.2. The number of allylic oxidation sites excluding steroid dienone is 3. The molecule has 1 unspecified atom stereocenters. The van der Waals surface area contributed by atoms with Crippen LogP contribution in [-0.4, -0.2) is 17.0 Å². The Labute approximate surface area is 72.6 Å². The lowest BCUT2D eigenvalue weighted by atomic mass is 9.80. The van der Waals surface area contributed by atoms with Gasteiger partial charge in [-0.1, -0.05) is 18.2 Å². The van der Waals surface area contributed by atoms with E-state index in [2.05, 4.69) is 0 Å². The van der Waals surface area contributed by atoms with Gasteiger partial charge in [-0.05, 0) is 26.3 Å². The number of carbonyl (C=O) groups excluding carboxylic acids is 1. The van der Waals surface area contributed by atoms with Crippen molar-refractivity contribution in [1.82, 2.24) is 0 Å². The van der Waals surface area contributed by atoms with Crippen LogP contribution in [0.1, 0.15) is 20.8 Å². The van der Waals surface area contributed by atoms with Crippen LogP contribution in [0.15, 0.2) is 23.8 Å². The molecule has 0 heterocycles. The molecule has 0 radical (unpaired) electrons. The summed E-state index contributed by atoms with van der Waals surface area (Å²) in [6.07, 6.45) is 4.43. The van der Waals surface area contributed by atoms with Crippen molar-refractivity contribution in [2.24, 2.45) is 5.41 Å². The molecule has 66 valence electrons. The number of hydrogen-bond acceptors (Lipinski definition) is 2. The molecule has 0 spiro atoms. The second-order valence-corrected chi connectivity index (χ2v) is 3.73. The van der Waals surface area contributed by atoms with Gasteiger partial charge in [0.15, 0.2) is 5.78 Å². The molecular formula is C10H14O2. The van der Waals surface area contributed by atoms with E-state index >= 15 is 0 Å². The summed E-state index contributed by atoms with van der Waals surface area (Å²) in [6, 6.07) is 0. The predicted octanol–water partition coefficient (Wildman–Crippen LogP) is 1.46. The van der Waals surface area contributed by atoms with Crippen LogP contribution in [-0.2, 0) is 4.79 Å². The Morgan fingerprint density at radius 1 is 1.50 bits per heavy atom. The summed E-state index contributed by atoms with van der Waals surface area (Å²) in [5.74, 6) is 0.0139. The number of Topliss-reactive ketones (excluding diaryl/α,β-unsaturated/α-hetero) is 1. The zero-order valence-electron chi connectivity index (χ0n) is 7.66. The highest BCUT2D eigenvalue weighted by molar-refractivity contribution is 6.00. The fourth-order valence-corrected chi connectivity index (χ4v) is 1.26. The predicted molar refractivity (Wildman–Crippen MR) is 47.7 cm³/mol. The van der Waals surface area contributed by atoms with Crippen LogP contribution >= 0.6 is 0 Å². The van der Waals surface area contributed by atoms with Gasteiger partial charge >= 0.3 is 0 Å². The third-order valence-corrected chi connectivity index (χ3v) is 2.32. The molecule has 12 heavy (non-hydrogen) atoms. The fraction of sp³-hybridized carbons (Fsp3) is 0.500. The molecule has 0 saturated carbocycles. The average Bonchev–Trinajstić information content (AvgIpc) is 2.07.